The minimum atomic E-state index is -0.338. The summed E-state index contributed by atoms with van der Waals surface area (Å²) in [7, 11) is 0. The molecule has 0 atom stereocenters. The Morgan fingerprint density at radius 2 is 1.46 bits per heavy atom. The van der Waals surface area contributed by atoms with Crippen LogP contribution in [0.4, 0.5) is 15.8 Å². The molecule has 1 aliphatic heterocycles. The Kier molecular flexibility index (Phi) is 3.62. The van der Waals surface area contributed by atoms with Crippen molar-refractivity contribution >= 4 is 17.2 Å². The van der Waals surface area contributed by atoms with Gasteiger partial charge in [0.25, 0.3) is 0 Å². The first-order valence-corrected chi connectivity index (χ1v) is 7.98. The minimum Gasteiger partial charge on any atom is -0.341 e. The van der Waals surface area contributed by atoms with E-state index in [-0.39, 0.29) is 11.6 Å². The molecule has 0 bridgehead atoms. The standard InChI is InChI=1S/C21H16FNO/c22-18-9-5-16(6-10-18)21(24)17-7-11-19(12-8-17)23-14-13-15-3-1-2-4-20(15)23/h1-12H,13-14H2. The average Bonchev–Trinajstić information content (AvgIpc) is 3.06. The first-order valence-electron chi connectivity index (χ1n) is 7.98. The van der Waals surface area contributed by atoms with Crippen molar-refractivity contribution in [2.24, 2.45) is 0 Å². The van der Waals surface area contributed by atoms with E-state index in [0.29, 0.717) is 11.1 Å². The van der Waals surface area contributed by atoms with Gasteiger partial charge < -0.3 is 4.90 Å². The number of anilines is 2. The molecule has 0 saturated heterocycles. The molecule has 2 nitrogen and oxygen atoms in total. The summed E-state index contributed by atoms with van der Waals surface area (Å²) in [6, 6.07) is 21.6. The van der Waals surface area contributed by atoms with Crippen molar-refractivity contribution in [1.82, 2.24) is 0 Å². The number of hydrogen-bond acceptors (Lipinski definition) is 2. The van der Waals surface area contributed by atoms with Gasteiger partial charge in [0.05, 0.1) is 0 Å². The number of para-hydroxylation sites is 1. The van der Waals surface area contributed by atoms with E-state index < -0.39 is 0 Å². The van der Waals surface area contributed by atoms with E-state index in [1.54, 1.807) is 0 Å². The molecule has 4 rings (SSSR count). The van der Waals surface area contributed by atoms with Gasteiger partial charge in [0.1, 0.15) is 5.82 Å². The third-order valence-electron chi connectivity index (χ3n) is 4.43. The average molecular weight is 317 g/mol. The smallest absolute Gasteiger partial charge is 0.193 e. The van der Waals surface area contributed by atoms with Gasteiger partial charge in [0.15, 0.2) is 5.78 Å². The molecule has 1 heterocycles. The molecule has 0 fully saturated rings. The Bertz CT molecular complexity index is 884. The van der Waals surface area contributed by atoms with E-state index in [2.05, 4.69) is 23.1 Å². The number of benzene rings is 3. The highest BCUT2D eigenvalue weighted by molar-refractivity contribution is 6.09. The molecule has 0 N–H and O–H groups in total. The zero-order chi connectivity index (χ0) is 16.5. The van der Waals surface area contributed by atoms with Crippen LogP contribution in [0.15, 0.2) is 72.8 Å². The molecule has 3 heteroatoms. The van der Waals surface area contributed by atoms with Crippen LogP contribution in [0.2, 0.25) is 0 Å². The molecule has 0 spiro atoms. The molecule has 0 aliphatic carbocycles. The lowest BCUT2D eigenvalue weighted by Gasteiger charge is -2.19. The summed E-state index contributed by atoms with van der Waals surface area (Å²) in [6.45, 7) is 0.949. The lowest BCUT2D eigenvalue weighted by atomic mass is 10.0. The minimum absolute atomic E-state index is 0.0941. The van der Waals surface area contributed by atoms with Crippen LogP contribution in [-0.2, 0) is 6.42 Å². The molecule has 1 aliphatic rings. The Labute approximate surface area is 140 Å². The zero-order valence-corrected chi connectivity index (χ0v) is 13.1. The summed E-state index contributed by atoms with van der Waals surface area (Å²) in [4.78, 5) is 14.7. The Balaban J connectivity index is 1.59. The number of ketones is 1. The maximum absolute atomic E-state index is 13.0. The molecule has 0 radical (unpaired) electrons. The number of rotatable bonds is 3. The number of carbonyl (C=O) groups is 1. The van der Waals surface area contributed by atoms with Gasteiger partial charge >= 0.3 is 0 Å². The lowest BCUT2D eigenvalue weighted by molar-refractivity contribution is 0.103. The van der Waals surface area contributed by atoms with Crippen molar-refractivity contribution in [2.45, 2.75) is 6.42 Å². The molecule has 3 aromatic carbocycles. The largest absolute Gasteiger partial charge is 0.341 e. The predicted octanol–water partition coefficient (Wildman–Crippen LogP) is 4.75. The quantitative estimate of drug-likeness (QED) is 0.650. The first-order chi connectivity index (χ1) is 11.7. The highest BCUT2D eigenvalue weighted by Gasteiger charge is 2.20. The molecular formula is C21H16FNO. The Morgan fingerprint density at radius 1 is 0.833 bits per heavy atom. The summed E-state index contributed by atoms with van der Waals surface area (Å²) >= 11 is 0. The van der Waals surface area contributed by atoms with E-state index in [1.165, 1.54) is 35.5 Å². The number of halogens is 1. The Hall–Kier alpha value is -2.94. The van der Waals surface area contributed by atoms with E-state index in [4.69, 9.17) is 0 Å². The number of nitrogens with zero attached hydrogens (tertiary/aromatic N) is 1. The van der Waals surface area contributed by atoms with Crippen molar-refractivity contribution in [3.63, 3.8) is 0 Å². The van der Waals surface area contributed by atoms with Gasteiger partial charge in [0.2, 0.25) is 0 Å². The van der Waals surface area contributed by atoms with Crippen LogP contribution in [0.1, 0.15) is 21.5 Å². The van der Waals surface area contributed by atoms with Crippen LogP contribution in [0.5, 0.6) is 0 Å². The Morgan fingerprint density at radius 3 is 2.17 bits per heavy atom. The van der Waals surface area contributed by atoms with Crippen LogP contribution in [0, 0.1) is 5.82 Å². The maximum Gasteiger partial charge on any atom is 0.193 e. The van der Waals surface area contributed by atoms with Crippen LogP contribution in [-0.4, -0.2) is 12.3 Å². The molecule has 0 unspecified atom stereocenters. The molecule has 118 valence electrons. The van der Waals surface area contributed by atoms with Crippen molar-refractivity contribution in [3.05, 3.63) is 95.3 Å². The lowest BCUT2D eigenvalue weighted by Crippen LogP contribution is -2.13. The fourth-order valence-corrected chi connectivity index (χ4v) is 3.17. The predicted molar refractivity (Wildman–Crippen MR) is 93.4 cm³/mol. The summed E-state index contributed by atoms with van der Waals surface area (Å²) in [6.07, 6.45) is 1.03. The van der Waals surface area contributed by atoms with Gasteiger partial charge in [-0.3, -0.25) is 4.79 Å². The van der Waals surface area contributed by atoms with Gasteiger partial charge in [-0.1, -0.05) is 18.2 Å². The van der Waals surface area contributed by atoms with Crippen LogP contribution < -0.4 is 4.90 Å². The molecule has 3 aromatic rings. The van der Waals surface area contributed by atoms with E-state index in [1.807, 2.05) is 30.3 Å². The van der Waals surface area contributed by atoms with E-state index >= 15 is 0 Å². The van der Waals surface area contributed by atoms with Gasteiger partial charge in [0, 0.05) is 29.0 Å². The van der Waals surface area contributed by atoms with Crippen LogP contribution in [0.3, 0.4) is 0 Å². The van der Waals surface area contributed by atoms with Gasteiger partial charge in [-0.05, 0) is 66.6 Å². The van der Waals surface area contributed by atoms with Crippen molar-refractivity contribution in [1.29, 1.82) is 0 Å². The second-order valence-electron chi connectivity index (χ2n) is 5.91. The number of fused-ring (bicyclic) bond motifs is 1. The highest BCUT2D eigenvalue weighted by atomic mass is 19.1. The van der Waals surface area contributed by atoms with E-state index in [9.17, 15) is 9.18 Å². The molecule has 0 aromatic heterocycles. The number of carbonyl (C=O) groups excluding carboxylic acids is 1. The SMILES string of the molecule is O=C(c1ccc(F)cc1)c1ccc(N2CCc3ccccc32)cc1. The van der Waals surface area contributed by atoms with Gasteiger partial charge in [-0.15, -0.1) is 0 Å². The second-order valence-corrected chi connectivity index (χ2v) is 5.91. The van der Waals surface area contributed by atoms with Crippen molar-refractivity contribution in [2.75, 3.05) is 11.4 Å². The monoisotopic (exact) mass is 317 g/mol. The molecular weight excluding hydrogens is 301 g/mol. The third-order valence-corrected chi connectivity index (χ3v) is 4.43. The molecule has 0 saturated carbocycles. The van der Waals surface area contributed by atoms with Crippen LogP contribution in [0.25, 0.3) is 0 Å². The molecule has 0 amide bonds. The van der Waals surface area contributed by atoms with Gasteiger partial charge in [-0.2, -0.15) is 0 Å². The summed E-state index contributed by atoms with van der Waals surface area (Å²) in [5.41, 5.74) is 4.77. The number of hydrogen-bond donors (Lipinski definition) is 0. The third kappa shape index (κ3) is 2.58. The topological polar surface area (TPSA) is 20.3 Å². The second kappa shape index (κ2) is 5.93. The van der Waals surface area contributed by atoms with E-state index in [0.717, 1.165) is 18.7 Å². The molecule has 24 heavy (non-hydrogen) atoms. The fraction of sp³-hybridized carbons (Fsp3) is 0.0952. The normalized spacial score (nSPS) is 13.0. The highest BCUT2D eigenvalue weighted by Crippen LogP contribution is 2.34. The summed E-state index contributed by atoms with van der Waals surface area (Å²) in [5, 5.41) is 0. The summed E-state index contributed by atoms with van der Waals surface area (Å²) < 4.78 is 13.0. The van der Waals surface area contributed by atoms with Crippen LogP contribution >= 0.6 is 0 Å². The summed E-state index contributed by atoms with van der Waals surface area (Å²) in [5.74, 6) is -0.432. The first kappa shape index (κ1) is 14.6. The zero-order valence-electron chi connectivity index (χ0n) is 13.1. The van der Waals surface area contributed by atoms with Crippen molar-refractivity contribution in [3.8, 4) is 0 Å². The fourth-order valence-electron chi connectivity index (χ4n) is 3.17. The van der Waals surface area contributed by atoms with Crippen molar-refractivity contribution < 1.29 is 9.18 Å². The maximum atomic E-state index is 13.0. The van der Waals surface area contributed by atoms with Gasteiger partial charge in [-0.25, -0.2) is 4.39 Å².